The number of esters is 1. The van der Waals surface area contributed by atoms with E-state index in [1.807, 2.05) is 61.5 Å². The zero-order chi connectivity index (χ0) is 17.4. The summed E-state index contributed by atoms with van der Waals surface area (Å²) in [5.74, 6) is -0.866. The van der Waals surface area contributed by atoms with E-state index in [0.717, 1.165) is 16.7 Å². The number of rotatable bonds is 6. The van der Waals surface area contributed by atoms with Gasteiger partial charge in [-0.25, -0.2) is 4.79 Å². The number of hydrogen-bond donors (Lipinski definition) is 1. The first-order valence-corrected chi connectivity index (χ1v) is 7.81. The SMILES string of the molecule is Cc1cccc(/C=C/C(=O)O[C@H](C)C(=O)NCc2ccccc2)c1. The van der Waals surface area contributed by atoms with Crippen molar-refractivity contribution in [1.82, 2.24) is 5.32 Å². The van der Waals surface area contributed by atoms with Gasteiger partial charge in [0.15, 0.2) is 6.10 Å². The van der Waals surface area contributed by atoms with Gasteiger partial charge in [0.1, 0.15) is 0 Å². The van der Waals surface area contributed by atoms with E-state index < -0.39 is 12.1 Å². The van der Waals surface area contributed by atoms with Crippen molar-refractivity contribution in [1.29, 1.82) is 0 Å². The Morgan fingerprint density at radius 2 is 1.88 bits per heavy atom. The maximum absolute atomic E-state index is 12.0. The van der Waals surface area contributed by atoms with Crippen LogP contribution in [0, 0.1) is 6.92 Å². The number of hydrogen-bond acceptors (Lipinski definition) is 3. The lowest BCUT2D eigenvalue weighted by atomic mass is 10.1. The van der Waals surface area contributed by atoms with Crippen LogP contribution in [-0.4, -0.2) is 18.0 Å². The summed E-state index contributed by atoms with van der Waals surface area (Å²) in [6.45, 7) is 3.94. The van der Waals surface area contributed by atoms with Gasteiger partial charge in [-0.15, -0.1) is 0 Å². The molecule has 0 unspecified atom stereocenters. The standard InChI is InChI=1S/C20H21NO3/c1-15-7-6-10-17(13-15)11-12-19(22)24-16(2)20(23)21-14-18-8-4-3-5-9-18/h3-13,16H,14H2,1-2H3,(H,21,23)/b12-11+/t16-/m1/s1. The van der Waals surface area contributed by atoms with Gasteiger partial charge in [0, 0.05) is 12.6 Å². The van der Waals surface area contributed by atoms with Crippen molar-refractivity contribution in [2.45, 2.75) is 26.5 Å². The van der Waals surface area contributed by atoms with E-state index >= 15 is 0 Å². The van der Waals surface area contributed by atoms with Crippen LogP contribution in [0.3, 0.4) is 0 Å². The average molecular weight is 323 g/mol. The van der Waals surface area contributed by atoms with Gasteiger partial charge in [-0.3, -0.25) is 4.79 Å². The summed E-state index contributed by atoms with van der Waals surface area (Å²) in [5, 5.41) is 2.75. The highest BCUT2D eigenvalue weighted by Gasteiger charge is 2.15. The summed E-state index contributed by atoms with van der Waals surface area (Å²) in [5.41, 5.74) is 3.01. The first kappa shape index (κ1) is 17.5. The van der Waals surface area contributed by atoms with Crippen molar-refractivity contribution in [2.75, 3.05) is 0 Å². The molecule has 0 spiro atoms. The third-order valence-corrected chi connectivity index (χ3v) is 3.43. The number of ether oxygens (including phenoxy) is 1. The smallest absolute Gasteiger partial charge is 0.331 e. The third kappa shape index (κ3) is 5.72. The molecular formula is C20H21NO3. The van der Waals surface area contributed by atoms with Crippen molar-refractivity contribution < 1.29 is 14.3 Å². The van der Waals surface area contributed by atoms with Crippen molar-refractivity contribution in [3.05, 3.63) is 77.4 Å². The number of carbonyl (C=O) groups is 2. The van der Waals surface area contributed by atoms with Crippen LogP contribution < -0.4 is 5.32 Å². The van der Waals surface area contributed by atoms with Crippen molar-refractivity contribution in [3.8, 4) is 0 Å². The van der Waals surface area contributed by atoms with Crippen LogP contribution in [0.25, 0.3) is 6.08 Å². The molecule has 0 saturated heterocycles. The molecule has 124 valence electrons. The van der Waals surface area contributed by atoms with Crippen molar-refractivity contribution >= 4 is 18.0 Å². The predicted molar refractivity (Wildman–Crippen MR) is 94.1 cm³/mol. The molecule has 2 rings (SSSR count). The van der Waals surface area contributed by atoms with Gasteiger partial charge in [-0.2, -0.15) is 0 Å². The highest BCUT2D eigenvalue weighted by atomic mass is 16.5. The first-order valence-electron chi connectivity index (χ1n) is 7.81. The fraction of sp³-hybridized carbons (Fsp3) is 0.200. The molecule has 0 saturated carbocycles. The molecular weight excluding hydrogens is 302 g/mol. The maximum Gasteiger partial charge on any atom is 0.331 e. The van der Waals surface area contributed by atoms with Crippen LogP contribution in [0.1, 0.15) is 23.6 Å². The van der Waals surface area contributed by atoms with Crippen LogP contribution in [-0.2, 0) is 20.9 Å². The molecule has 2 aromatic rings. The molecule has 0 aliphatic heterocycles. The van der Waals surface area contributed by atoms with E-state index in [1.165, 1.54) is 6.08 Å². The Hall–Kier alpha value is -2.88. The summed E-state index contributed by atoms with van der Waals surface area (Å²) in [6.07, 6.45) is 2.16. The lowest BCUT2D eigenvalue weighted by Crippen LogP contribution is -2.35. The molecule has 0 heterocycles. The normalized spacial score (nSPS) is 11.9. The summed E-state index contributed by atoms with van der Waals surface area (Å²) < 4.78 is 5.11. The summed E-state index contributed by atoms with van der Waals surface area (Å²) in [7, 11) is 0. The second-order valence-electron chi connectivity index (χ2n) is 5.53. The molecule has 2 aromatic carbocycles. The monoisotopic (exact) mass is 323 g/mol. The highest BCUT2D eigenvalue weighted by molar-refractivity contribution is 5.90. The van der Waals surface area contributed by atoms with Crippen LogP contribution in [0.15, 0.2) is 60.7 Å². The summed E-state index contributed by atoms with van der Waals surface area (Å²) in [4.78, 5) is 23.8. The second kappa shape index (κ2) is 8.67. The fourth-order valence-corrected chi connectivity index (χ4v) is 2.13. The Bertz CT molecular complexity index is 723. The van der Waals surface area contributed by atoms with E-state index in [0.29, 0.717) is 6.54 Å². The molecule has 0 aromatic heterocycles. The molecule has 1 N–H and O–H groups in total. The topological polar surface area (TPSA) is 55.4 Å². The molecule has 24 heavy (non-hydrogen) atoms. The quantitative estimate of drug-likeness (QED) is 0.656. The predicted octanol–water partition coefficient (Wildman–Crippen LogP) is 3.26. The lowest BCUT2D eigenvalue weighted by Gasteiger charge is -2.12. The Kier molecular flexibility index (Phi) is 6.32. The third-order valence-electron chi connectivity index (χ3n) is 3.43. The van der Waals surface area contributed by atoms with E-state index in [4.69, 9.17) is 4.74 Å². The molecule has 1 amide bonds. The zero-order valence-electron chi connectivity index (χ0n) is 13.9. The Balaban J connectivity index is 1.81. The first-order chi connectivity index (χ1) is 11.5. The number of benzene rings is 2. The minimum atomic E-state index is -0.844. The van der Waals surface area contributed by atoms with Crippen LogP contribution >= 0.6 is 0 Å². The van der Waals surface area contributed by atoms with Crippen molar-refractivity contribution in [3.63, 3.8) is 0 Å². The Morgan fingerprint density at radius 3 is 2.58 bits per heavy atom. The molecule has 4 heteroatoms. The maximum atomic E-state index is 12.0. The van der Waals surface area contributed by atoms with E-state index in [-0.39, 0.29) is 5.91 Å². The summed E-state index contributed by atoms with van der Waals surface area (Å²) in [6, 6.07) is 17.3. The van der Waals surface area contributed by atoms with Gasteiger partial charge >= 0.3 is 5.97 Å². The number of nitrogens with one attached hydrogen (secondary N) is 1. The van der Waals surface area contributed by atoms with Gasteiger partial charge in [0.05, 0.1) is 0 Å². The molecule has 0 aliphatic carbocycles. The average Bonchev–Trinajstić information content (AvgIpc) is 2.59. The largest absolute Gasteiger partial charge is 0.449 e. The molecule has 1 atom stereocenters. The fourth-order valence-electron chi connectivity index (χ4n) is 2.13. The molecule has 0 radical (unpaired) electrons. The number of aryl methyl sites for hydroxylation is 1. The van der Waals surface area contributed by atoms with E-state index in [2.05, 4.69) is 5.32 Å². The van der Waals surface area contributed by atoms with Gasteiger partial charge in [-0.1, -0.05) is 60.2 Å². The molecule has 4 nitrogen and oxygen atoms in total. The van der Waals surface area contributed by atoms with E-state index in [1.54, 1.807) is 13.0 Å². The Morgan fingerprint density at radius 1 is 1.12 bits per heavy atom. The molecule has 0 bridgehead atoms. The number of carbonyl (C=O) groups excluding carboxylic acids is 2. The molecule has 0 aliphatic rings. The highest BCUT2D eigenvalue weighted by Crippen LogP contribution is 2.06. The van der Waals surface area contributed by atoms with Crippen LogP contribution in [0.5, 0.6) is 0 Å². The van der Waals surface area contributed by atoms with Gasteiger partial charge in [0.25, 0.3) is 5.91 Å². The summed E-state index contributed by atoms with van der Waals surface area (Å²) >= 11 is 0. The molecule has 0 fully saturated rings. The minimum absolute atomic E-state index is 0.323. The minimum Gasteiger partial charge on any atom is -0.449 e. The van der Waals surface area contributed by atoms with Gasteiger partial charge in [-0.05, 0) is 31.1 Å². The van der Waals surface area contributed by atoms with Crippen molar-refractivity contribution in [2.24, 2.45) is 0 Å². The van der Waals surface area contributed by atoms with Gasteiger partial charge in [0.2, 0.25) is 0 Å². The van der Waals surface area contributed by atoms with Crippen LogP contribution in [0.2, 0.25) is 0 Å². The second-order valence-corrected chi connectivity index (χ2v) is 5.53. The zero-order valence-corrected chi connectivity index (χ0v) is 13.9. The Labute approximate surface area is 142 Å². The number of amides is 1. The van der Waals surface area contributed by atoms with Crippen LogP contribution in [0.4, 0.5) is 0 Å². The van der Waals surface area contributed by atoms with Gasteiger partial charge < -0.3 is 10.1 Å². The van der Waals surface area contributed by atoms with E-state index in [9.17, 15) is 9.59 Å². The lowest BCUT2D eigenvalue weighted by molar-refractivity contribution is -0.150.